The molecule has 10 heteroatoms. The first kappa shape index (κ1) is 13.3. The molecule has 90 valence electrons. The van der Waals surface area contributed by atoms with Crippen LogP contribution in [0.5, 0.6) is 0 Å². The largest absolute Gasteiger partial charge is 0.342 e. The second kappa shape index (κ2) is 4.63. The van der Waals surface area contributed by atoms with E-state index in [2.05, 4.69) is 4.84 Å². The van der Waals surface area contributed by atoms with Crippen molar-refractivity contribution in [1.82, 2.24) is 5.06 Å². The highest BCUT2D eigenvalue weighted by Crippen LogP contribution is 2.19. The van der Waals surface area contributed by atoms with E-state index in [0.29, 0.717) is 0 Å². The molecule has 8 nitrogen and oxygen atoms in total. The van der Waals surface area contributed by atoms with Crippen LogP contribution in [0.4, 0.5) is 0 Å². The molecular formula is C6H6INO7S. The van der Waals surface area contributed by atoms with Gasteiger partial charge in [-0.3, -0.25) is 14.1 Å². The Kier molecular flexibility index (Phi) is 3.85. The first-order valence-corrected chi connectivity index (χ1v) is 6.90. The van der Waals surface area contributed by atoms with E-state index in [4.69, 9.17) is 4.55 Å². The average Bonchev–Trinajstić information content (AvgIpc) is 2.44. The lowest BCUT2D eigenvalue weighted by molar-refractivity contribution is -0.195. The monoisotopic (exact) mass is 363 g/mol. The number of carbonyl (C=O) groups is 3. The Labute approximate surface area is 104 Å². The van der Waals surface area contributed by atoms with Gasteiger partial charge in [0.05, 0.1) is 6.42 Å². The number of amides is 2. The molecule has 0 spiro atoms. The molecule has 0 bridgehead atoms. The average molecular weight is 363 g/mol. The van der Waals surface area contributed by atoms with Gasteiger partial charge >= 0.3 is 5.97 Å². The molecule has 16 heavy (non-hydrogen) atoms. The van der Waals surface area contributed by atoms with Crippen molar-refractivity contribution in [2.75, 3.05) is 4.43 Å². The van der Waals surface area contributed by atoms with Crippen LogP contribution in [0, 0.1) is 0 Å². The number of halogens is 1. The highest BCUT2D eigenvalue weighted by molar-refractivity contribution is 14.1. The van der Waals surface area contributed by atoms with Crippen LogP contribution >= 0.6 is 22.6 Å². The van der Waals surface area contributed by atoms with Gasteiger partial charge in [0.1, 0.15) is 4.43 Å². The van der Waals surface area contributed by atoms with Crippen LogP contribution in [0.25, 0.3) is 0 Å². The molecule has 1 fully saturated rings. The Morgan fingerprint density at radius 3 is 2.50 bits per heavy atom. The normalized spacial score (nSPS) is 21.4. The lowest BCUT2D eigenvalue weighted by Crippen LogP contribution is -2.36. The molecule has 1 aliphatic heterocycles. The SMILES string of the molecule is O=C(CI)ON1C(=O)CC(S(=O)(=O)O)C1=O. The van der Waals surface area contributed by atoms with Crippen LogP contribution in [0.3, 0.4) is 0 Å². The summed E-state index contributed by atoms with van der Waals surface area (Å²) in [5, 5.41) is -1.82. The van der Waals surface area contributed by atoms with Crippen molar-refractivity contribution in [3.63, 3.8) is 0 Å². The molecule has 1 aliphatic rings. The van der Waals surface area contributed by atoms with Crippen molar-refractivity contribution in [2.45, 2.75) is 11.7 Å². The number of carbonyl (C=O) groups excluding carboxylic acids is 3. The summed E-state index contributed by atoms with van der Waals surface area (Å²) in [4.78, 5) is 37.6. The zero-order chi connectivity index (χ0) is 12.5. The maximum absolute atomic E-state index is 11.3. The molecule has 0 aromatic heterocycles. The van der Waals surface area contributed by atoms with Crippen LogP contribution in [0.1, 0.15) is 6.42 Å². The second-order valence-electron chi connectivity index (χ2n) is 2.83. The Morgan fingerprint density at radius 1 is 1.56 bits per heavy atom. The fourth-order valence-corrected chi connectivity index (χ4v) is 1.88. The Hall–Kier alpha value is -0.750. The predicted molar refractivity (Wildman–Crippen MR) is 56.8 cm³/mol. The van der Waals surface area contributed by atoms with E-state index in [0.717, 1.165) is 0 Å². The number of hydrogen-bond donors (Lipinski definition) is 1. The number of hydrogen-bond acceptors (Lipinski definition) is 6. The summed E-state index contributed by atoms with van der Waals surface area (Å²) in [5.74, 6) is -3.10. The molecular weight excluding hydrogens is 357 g/mol. The van der Waals surface area contributed by atoms with Gasteiger partial charge in [0, 0.05) is 0 Å². The van der Waals surface area contributed by atoms with E-state index in [1.54, 1.807) is 22.6 Å². The minimum Gasteiger partial charge on any atom is -0.329 e. The number of nitrogens with zero attached hydrogens (tertiary/aromatic N) is 1. The Morgan fingerprint density at radius 2 is 2.12 bits per heavy atom. The maximum Gasteiger partial charge on any atom is 0.342 e. The Bertz CT molecular complexity index is 444. The first-order chi connectivity index (χ1) is 7.27. The van der Waals surface area contributed by atoms with E-state index in [1.165, 1.54) is 0 Å². The molecule has 0 radical (unpaired) electrons. The summed E-state index contributed by atoms with van der Waals surface area (Å²) in [5.41, 5.74) is 0. The van der Waals surface area contributed by atoms with Gasteiger partial charge in [-0.15, -0.1) is 5.06 Å². The van der Waals surface area contributed by atoms with Gasteiger partial charge < -0.3 is 4.84 Å². The van der Waals surface area contributed by atoms with Gasteiger partial charge in [0.25, 0.3) is 21.9 Å². The van der Waals surface area contributed by atoms with Gasteiger partial charge in [-0.25, -0.2) is 4.79 Å². The smallest absolute Gasteiger partial charge is 0.329 e. The molecule has 1 rings (SSSR count). The maximum atomic E-state index is 11.3. The van der Waals surface area contributed by atoms with E-state index in [9.17, 15) is 22.8 Å². The van der Waals surface area contributed by atoms with E-state index in [-0.39, 0.29) is 9.49 Å². The van der Waals surface area contributed by atoms with Crippen LogP contribution < -0.4 is 0 Å². The van der Waals surface area contributed by atoms with Gasteiger partial charge in [-0.05, 0) is 0 Å². The van der Waals surface area contributed by atoms with Crippen LogP contribution in [0.15, 0.2) is 0 Å². The van der Waals surface area contributed by atoms with Crippen molar-refractivity contribution < 1.29 is 32.2 Å². The standard InChI is InChI=1S/C6H6INO7S/c7-2-5(10)15-8-4(9)1-3(6(8)11)16(12,13)14/h3H,1-2H2,(H,12,13,14). The van der Waals surface area contributed by atoms with Crippen molar-refractivity contribution in [3.05, 3.63) is 0 Å². The third-order valence-electron chi connectivity index (χ3n) is 1.72. The fourth-order valence-electron chi connectivity index (χ4n) is 1.04. The molecule has 0 aromatic carbocycles. The topological polar surface area (TPSA) is 118 Å². The summed E-state index contributed by atoms with van der Waals surface area (Å²) in [6, 6.07) is 0. The fraction of sp³-hybridized carbons (Fsp3) is 0.500. The molecule has 2 amide bonds. The summed E-state index contributed by atoms with van der Waals surface area (Å²) in [6.07, 6.45) is -0.730. The molecule has 1 unspecified atom stereocenters. The molecule has 1 atom stereocenters. The van der Waals surface area contributed by atoms with Gasteiger partial charge in [0.2, 0.25) is 0 Å². The number of alkyl halides is 1. The lowest BCUT2D eigenvalue weighted by Gasteiger charge is -2.11. The van der Waals surface area contributed by atoms with Crippen molar-refractivity contribution in [3.8, 4) is 0 Å². The number of imide groups is 1. The van der Waals surface area contributed by atoms with Crippen molar-refractivity contribution in [1.29, 1.82) is 0 Å². The molecule has 1 heterocycles. The number of rotatable bonds is 3. The van der Waals surface area contributed by atoms with E-state index in [1.807, 2.05) is 0 Å². The van der Waals surface area contributed by atoms with Gasteiger partial charge in [-0.1, -0.05) is 22.6 Å². The van der Waals surface area contributed by atoms with Crippen LogP contribution in [-0.4, -0.2) is 45.5 Å². The highest BCUT2D eigenvalue weighted by atomic mass is 127. The highest BCUT2D eigenvalue weighted by Gasteiger charge is 2.48. The summed E-state index contributed by atoms with van der Waals surface area (Å²) >= 11 is 1.64. The zero-order valence-electron chi connectivity index (χ0n) is 7.62. The third kappa shape index (κ3) is 2.68. The molecule has 0 saturated carbocycles. The minimum absolute atomic E-state index is 0.0689. The lowest BCUT2D eigenvalue weighted by atomic mass is 10.4. The van der Waals surface area contributed by atoms with Gasteiger partial charge in [0.15, 0.2) is 5.25 Å². The zero-order valence-corrected chi connectivity index (χ0v) is 10.6. The van der Waals surface area contributed by atoms with Crippen LogP contribution in [0.2, 0.25) is 0 Å². The Balaban J connectivity index is 2.88. The summed E-state index contributed by atoms with van der Waals surface area (Å²) < 4.78 is 29.9. The van der Waals surface area contributed by atoms with Crippen LogP contribution in [-0.2, 0) is 29.3 Å². The summed E-state index contributed by atoms with van der Waals surface area (Å²) in [6.45, 7) is 0. The second-order valence-corrected chi connectivity index (χ2v) is 5.19. The quantitative estimate of drug-likeness (QED) is 0.293. The molecule has 0 aromatic rings. The van der Waals surface area contributed by atoms with Crippen molar-refractivity contribution in [2.24, 2.45) is 0 Å². The van der Waals surface area contributed by atoms with Crippen molar-refractivity contribution >= 4 is 50.5 Å². The molecule has 1 saturated heterocycles. The molecule has 1 N–H and O–H groups in total. The third-order valence-corrected chi connectivity index (χ3v) is 3.43. The van der Waals surface area contributed by atoms with E-state index < -0.39 is 39.6 Å². The predicted octanol–water partition coefficient (Wildman–Crippen LogP) is -1.11. The minimum atomic E-state index is -4.67. The first-order valence-electron chi connectivity index (χ1n) is 3.87. The number of hydroxylamine groups is 2. The summed E-state index contributed by atoms with van der Waals surface area (Å²) in [7, 11) is -4.67. The van der Waals surface area contributed by atoms with E-state index >= 15 is 0 Å². The molecule has 0 aliphatic carbocycles. The van der Waals surface area contributed by atoms with Gasteiger partial charge in [-0.2, -0.15) is 8.42 Å².